The highest BCUT2D eigenvalue weighted by Gasteiger charge is 1.98. The van der Waals surface area contributed by atoms with Gasteiger partial charge in [-0.15, -0.1) is 0 Å². The number of nitrogens with one attached hydrogen (secondary N) is 1. The van der Waals surface area contributed by atoms with Gasteiger partial charge in [-0.3, -0.25) is 4.57 Å². The molecule has 0 fully saturated rings. The molecule has 0 atom stereocenters. The molecular formula is C8H7N2O. The number of fused-ring (bicyclic) bond motifs is 1. The fraction of sp³-hybridized carbons (Fsp3) is 0.125. The van der Waals surface area contributed by atoms with Gasteiger partial charge >= 0.3 is 5.69 Å². The Morgan fingerprint density at radius 1 is 1.64 bits per heavy atom. The zero-order valence-corrected chi connectivity index (χ0v) is 6.09. The van der Waals surface area contributed by atoms with Gasteiger partial charge in [0.25, 0.3) is 0 Å². The van der Waals surface area contributed by atoms with Crippen molar-refractivity contribution in [3.05, 3.63) is 34.7 Å². The number of H-pyrrole nitrogens is 1. The number of rotatable bonds is 0. The monoisotopic (exact) mass is 147 g/mol. The second-order valence-electron chi connectivity index (χ2n) is 2.43. The molecule has 0 saturated heterocycles. The van der Waals surface area contributed by atoms with Gasteiger partial charge in [0, 0.05) is 7.05 Å². The SMILES string of the molecule is Cn1c(=O)[nH]c2cc[c]cc21. The van der Waals surface area contributed by atoms with E-state index in [4.69, 9.17) is 0 Å². The number of hydrogen-bond donors (Lipinski definition) is 1. The highest BCUT2D eigenvalue weighted by molar-refractivity contribution is 5.74. The average Bonchev–Trinajstić information content (AvgIpc) is 2.30. The molecule has 0 unspecified atom stereocenters. The van der Waals surface area contributed by atoms with E-state index in [9.17, 15) is 4.79 Å². The molecule has 11 heavy (non-hydrogen) atoms. The van der Waals surface area contributed by atoms with Crippen molar-refractivity contribution in [2.24, 2.45) is 7.05 Å². The molecule has 1 aromatic heterocycles. The van der Waals surface area contributed by atoms with Crippen LogP contribution in [0.2, 0.25) is 0 Å². The molecule has 3 heteroatoms. The number of nitrogens with zero attached hydrogens (tertiary/aromatic N) is 1. The minimum atomic E-state index is -0.0837. The van der Waals surface area contributed by atoms with Crippen LogP contribution in [0.25, 0.3) is 11.0 Å². The lowest BCUT2D eigenvalue weighted by Crippen LogP contribution is -2.11. The summed E-state index contributed by atoms with van der Waals surface area (Å²) in [6.45, 7) is 0. The van der Waals surface area contributed by atoms with Crippen LogP contribution in [-0.4, -0.2) is 9.55 Å². The molecule has 3 nitrogen and oxygen atoms in total. The summed E-state index contributed by atoms with van der Waals surface area (Å²) in [4.78, 5) is 13.7. The predicted molar refractivity (Wildman–Crippen MR) is 42.4 cm³/mol. The van der Waals surface area contributed by atoms with Gasteiger partial charge in [0.15, 0.2) is 0 Å². The van der Waals surface area contributed by atoms with E-state index in [0.717, 1.165) is 11.0 Å². The Labute approximate surface area is 63.3 Å². The van der Waals surface area contributed by atoms with Crippen molar-refractivity contribution >= 4 is 11.0 Å². The summed E-state index contributed by atoms with van der Waals surface area (Å²) in [5.74, 6) is 0. The highest BCUT2D eigenvalue weighted by atomic mass is 16.1. The summed E-state index contributed by atoms with van der Waals surface area (Å²) in [7, 11) is 1.73. The molecule has 1 radical (unpaired) electrons. The molecule has 0 amide bonds. The highest BCUT2D eigenvalue weighted by Crippen LogP contribution is 2.05. The molecule has 0 aliphatic heterocycles. The van der Waals surface area contributed by atoms with Gasteiger partial charge in [0.05, 0.1) is 11.0 Å². The Bertz CT molecular complexity index is 439. The average molecular weight is 147 g/mol. The first-order chi connectivity index (χ1) is 5.29. The summed E-state index contributed by atoms with van der Waals surface area (Å²) in [6.07, 6.45) is 0. The lowest BCUT2D eigenvalue weighted by Gasteiger charge is -1.89. The van der Waals surface area contributed by atoms with E-state index in [1.165, 1.54) is 0 Å². The van der Waals surface area contributed by atoms with Crippen LogP contribution in [0.15, 0.2) is 23.0 Å². The van der Waals surface area contributed by atoms with Crippen LogP contribution in [0.5, 0.6) is 0 Å². The smallest absolute Gasteiger partial charge is 0.306 e. The fourth-order valence-corrected chi connectivity index (χ4v) is 1.11. The number of hydrogen-bond acceptors (Lipinski definition) is 1. The molecule has 2 rings (SSSR count). The van der Waals surface area contributed by atoms with Crippen LogP contribution < -0.4 is 5.69 Å². The largest absolute Gasteiger partial charge is 0.326 e. The molecule has 0 saturated carbocycles. The van der Waals surface area contributed by atoms with Gasteiger partial charge in [0.2, 0.25) is 0 Å². The first-order valence-electron chi connectivity index (χ1n) is 3.34. The minimum Gasteiger partial charge on any atom is -0.306 e. The Morgan fingerprint density at radius 3 is 3.18 bits per heavy atom. The second kappa shape index (κ2) is 1.99. The lowest BCUT2D eigenvalue weighted by atomic mass is 10.3. The number of benzene rings is 1. The Kier molecular flexibility index (Phi) is 1.12. The first kappa shape index (κ1) is 6.22. The van der Waals surface area contributed by atoms with Gasteiger partial charge in [0.1, 0.15) is 0 Å². The normalized spacial score (nSPS) is 10.6. The molecule has 0 aliphatic rings. The summed E-state index contributed by atoms with van der Waals surface area (Å²) < 4.78 is 1.56. The van der Waals surface area contributed by atoms with E-state index in [1.54, 1.807) is 23.7 Å². The van der Waals surface area contributed by atoms with Gasteiger partial charge in [-0.1, -0.05) is 6.07 Å². The Hall–Kier alpha value is -1.51. The number of aryl methyl sites for hydroxylation is 1. The summed E-state index contributed by atoms with van der Waals surface area (Å²) in [6, 6.07) is 8.30. The summed E-state index contributed by atoms with van der Waals surface area (Å²) in [5.41, 5.74) is 1.66. The van der Waals surface area contributed by atoms with Crippen molar-refractivity contribution in [1.29, 1.82) is 0 Å². The molecule has 2 aromatic rings. The van der Waals surface area contributed by atoms with Crippen LogP contribution >= 0.6 is 0 Å². The Balaban J connectivity index is 3.04. The molecule has 0 bridgehead atoms. The quantitative estimate of drug-likeness (QED) is 0.584. The summed E-state index contributed by atoms with van der Waals surface area (Å²) in [5, 5.41) is 0. The fourth-order valence-electron chi connectivity index (χ4n) is 1.11. The minimum absolute atomic E-state index is 0.0837. The topological polar surface area (TPSA) is 37.8 Å². The lowest BCUT2D eigenvalue weighted by molar-refractivity contribution is 0.891. The van der Waals surface area contributed by atoms with Gasteiger partial charge in [-0.2, -0.15) is 0 Å². The Morgan fingerprint density at radius 2 is 2.45 bits per heavy atom. The van der Waals surface area contributed by atoms with Crippen molar-refractivity contribution in [2.45, 2.75) is 0 Å². The van der Waals surface area contributed by atoms with E-state index >= 15 is 0 Å². The first-order valence-corrected chi connectivity index (χ1v) is 3.34. The predicted octanol–water partition coefficient (Wildman–Crippen LogP) is 0.667. The molecule has 1 aromatic carbocycles. The molecule has 1 heterocycles. The number of aromatic nitrogens is 2. The van der Waals surface area contributed by atoms with E-state index in [2.05, 4.69) is 11.1 Å². The van der Waals surface area contributed by atoms with Crippen molar-refractivity contribution in [2.75, 3.05) is 0 Å². The third-order valence-corrected chi connectivity index (χ3v) is 1.75. The van der Waals surface area contributed by atoms with Crippen LogP contribution in [0.1, 0.15) is 0 Å². The molecule has 55 valence electrons. The van der Waals surface area contributed by atoms with Crippen LogP contribution in [-0.2, 0) is 7.05 Å². The van der Waals surface area contributed by atoms with Gasteiger partial charge in [-0.25, -0.2) is 4.79 Å². The van der Waals surface area contributed by atoms with E-state index < -0.39 is 0 Å². The maximum absolute atomic E-state index is 11.0. The van der Waals surface area contributed by atoms with Crippen LogP contribution in [0, 0.1) is 6.07 Å². The second-order valence-corrected chi connectivity index (χ2v) is 2.43. The number of aromatic amines is 1. The van der Waals surface area contributed by atoms with Crippen LogP contribution in [0.3, 0.4) is 0 Å². The van der Waals surface area contributed by atoms with E-state index in [-0.39, 0.29) is 5.69 Å². The molecule has 0 aliphatic carbocycles. The standard InChI is InChI=1S/C8H7N2O/c1-10-7-5-3-2-4-6(7)9-8(10)11/h2,4-5H,1H3,(H,9,11). The maximum atomic E-state index is 11.0. The van der Waals surface area contributed by atoms with Gasteiger partial charge < -0.3 is 4.98 Å². The van der Waals surface area contributed by atoms with Crippen molar-refractivity contribution < 1.29 is 0 Å². The third-order valence-electron chi connectivity index (χ3n) is 1.75. The van der Waals surface area contributed by atoms with Crippen molar-refractivity contribution in [3.8, 4) is 0 Å². The van der Waals surface area contributed by atoms with Crippen molar-refractivity contribution in [1.82, 2.24) is 9.55 Å². The zero-order chi connectivity index (χ0) is 7.84. The summed E-state index contributed by atoms with van der Waals surface area (Å²) >= 11 is 0. The van der Waals surface area contributed by atoms with E-state index in [1.807, 2.05) is 6.07 Å². The van der Waals surface area contributed by atoms with Gasteiger partial charge in [-0.05, 0) is 18.2 Å². The molecular weight excluding hydrogens is 140 g/mol. The zero-order valence-electron chi connectivity index (χ0n) is 6.09. The maximum Gasteiger partial charge on any atom is 0.326 e. The van der Waals surface area contributed by atoms with E-state index in [0.29, 0.717) is 0 Å². The molecule has 1 N–H and O–H groups in total. The third kappa shape index (κ3) is 0.774. The molecule has 0 spiro atoms. The number of imidazole rings is 1. The van der Waals surface area contributed by atoms with Crippen LogP contribution in [0.4, 0.5) is 0 Å². The van der Waals surface area contributed by atoms with Crippen molar-refractivity contribution in [3.63, 3.8) is 0 Å².